The first-order chi connectivity index (χ1) is 7.83. The molecular weight excluding hydrogens is 196 g/mol. The number of rotatable bonds is 3. The number of benzene rings is 1. The summed E-state index contributed by atoms with van der Waals surface area (Å²) < 4.78 is 0. The summed E-state index contributed by atoms with van der Waals surface area (Å²) >= 11 is 0. The summed E-state index contributed by atoms with van der Waals surface area (Å²) in [7, 11) is 2.25. The smallest absolute Gasteiger partial charge is 0.0360 e. The van der Waals surface area contributed by atoms with Crippen molar-refractivity contribution in [2.24, 2.45) is 0 Å². The fraction of sp³-hybridized carbons (Fsp3) is 0.571. The second-order valence-corrected chi connectivity index (χ2v) is 4.66. The van der Waals surface area contributed by atoms with Crippen LogP contribution in [0, 0.1) is 0 Å². The molecule has 2 rings (SSSR count). The molecule has 0 amide bonds. The lowest BCUT2D eigenvalue weighted by Gasteiger charge is -2.28. The van der Waals surface area contributed by atoms with Gasteiger partial charge in [0.2, 0.25) is 0 Å². The third kappa shape index (κ3) is 2.45. The van der Waals surface area contributed by atoms with Crippen LogP contribution >= 0.6 is 0 Å². The van der Waals surface area contributed by atoms with Gasteiger partial charge >= 0.3 is 0 Å². The molecule has 16 heavy (non-hydrogen) atoms. The van der Waals surface area contributed by atoms with Gasteiger partial charge in [0, 0.05) is 12.6 Å². The molecule has 0 fully saturated rings. The van der Waals surface area contributed by atoms with Crippen LogP contribution in [0.1, 0.15) is 36.9 Å². The van der Waals surface area contributed by atoms with E-state index < -0.39 is 0 Å². The van der Waals surface area contributed by atoms with Gasteiger partial charge in [-0.25, -0.2) is 0 Å². The van der Waals surface area contributed by atoms with Gasteiger partial charge in [-0.2, -0.15) is 0 Å². The monoisotopic (exact) mass is 218 g/mol. The van der Waals surface area contributed by atoms with Gasteiger partial charge in [0.15, 0.2) is 0 Å². The Morgan fingerprint density at radius 3 is 3.00 bits per heavy atom. The van der Waals surface area contributed by atoms with Gasteiger partial charge in [0.25, 0.3) is 0 Å². The largest absolute Gasteiger partial charge is 0.313 e. The fourth-order valence-electron chi connectivity index (χ4n) is 2.60. The maximum absolute atomic E-state index is 3.50. The summed E-state index contributed by atoms with van der Waals surface area (Å²) in [6.07, 6.45) is 2.44. The normalized spacial score (nSPS) is 20.6. The molecule has 2 nitrogen and oxygen atoms in total. The number of fused-ring (bicyclic) bond motifs is 1. The molecule has 1 heterocycles. The molecule has 2 heteroatoms. The van der Waals surface area contributed by atoms with Gasteiger partial charge in [-0.15, -0.1) is 0 Å². The fourth-order valence-corrected chi connectivity index (χ4v) is 2.60. The first-order valence-corrected chi connectivity index (χ1v) is 6.31. The Balaban J connectivity index is 2.25. The molecule has 0 aromatic heterocycles. The van der Waals surface area contributed by atoms with Crippen LogP contribution in [0.4, 0.5) is 0 Å². The third-order valence-electron chi connectivity index (χ3n) is 3.43. The minimum absolute atomic E-state index is 0.589. The third-order valence-corrected chi connectivity index (χ3v) is 3.43. The van der Waals surface area contributed by atoms with Crippen molar-refractivity contribution < 1.29 is 0 Å². The predicted octanol–water partition coefficient (Wildman–Crippen LogP) is 2.56. The Bertz CT molecular complexity index is 335. The number of hydrogen-bond donors (Lipinski definition) is 1. The summed E-state index contributed by atoms with van der Waals surface area (Å²) in [6, 6.07) is 9.44. The molecular formula is C14H22N2. The molecule has 0 spiro atoms. The van der Waals surface area contributed by atoms with Crippen molar-refractivity contribution in [1.29, 1.82) is 0 Å². The van der Waals surface area contributed by atoms with E-state index in [1.165, 1.54) is 30.5 Å². The molecule has 1 atom stereocenters. The summed E-state index contributed by atoms with van der Waals surface area (Å²) in [5.41, 5.74) is 2.98. The van der Waals surface area contributed by atoms with E-state index in [1.807, 2.05) is 0 Å². The Morgan fingerprint density at radius 2 is 2.19 bits per heavy atom. The highest BCUT2D eigenvalue weighted by atomic mass is 15.1. The van der Waals surface area contributed by atoms with E-state index in [-0.39, 0.29) is 0 Å². The molecule has 0 saturated carbocycles. The molecule has 88 valence electrons. The molecule has 0 bridgehead atoms. The first kappa shape index (κ1) is 11.6. The average Bonchev–Trinajstić information content (AvgIpc) is 2.51. The van der Waals surface area contributed by atoms with E-state index in [4.69, 9.17) is 0 Å². The maximum atomic E-state index is 3.50. The topological polar surface area (TPSA) is 15.3 Å². The minimum atomic E-state index is 0.589. The zero-order chi connectivity index (χ0) is 11.4. The molecule has 0 radical (unpaired) electrons. The van der Waals surface area contributed by atoms with Gasteiger partial charge in [-0.1, -0.05) is 31.2 Å². The van der Waals surface area contributed by atoms with E-state index in [0.29, 0.717) is 6.04 Å². The first-order valence-electron chi connectivity index (χ1n) is 6.31. The van der Waals surface area contributed by atoms with E-state index in [0.717, 1.165) is 13.1 Å². The summed E-state index contributed by atoms with van der Waals surface area (Å²) in [5.74, 6) is 0. The minimum Gasteiger partial charge on any atom is -0.313 e. The number of nitrogens with zero attached hydrogens (tertiary/aromatic N) is 1. The van der Waals surface area contributed by atoms with E-state index in [2.05, 4.69) is 48.5 Å². The van der Waals surface area contributed by atoms with Crippen LogP contribution < -0.4 is 5.32 Å². The van der Waals surface area contributed by atoms with Crippen LogP contribution in [0.15, 0.2) is 24.3 Å². The number of hydrogen-bond acceptors (Lipinski definition) is 2. The molecule has 1 aromatic rings. The molecule has 0 saturated heterocycles. The second kappa shape index (κ2) is 5.46. The van der Waals surface area contributed by atoms with Crippen LogP contribution in [0.5, 0.6) is 0 Å². The van der Waals surface area contributed by atoms with Gasteiger partial charge in [-0.3, -0.25) is 4.90 Å². The lowest BCUT2D eigenvalue weighted by molar-refractivity contribution is 0.235. The number of nitrogens with one attached hydrogen (secondary N) is 1. The Kier molecular flexibility index (Phi) is 3.97. The van der Waals surface area contributed by atoms with Crippen LogP contribution in [0.25, 0.3) is 0 Å². The Labute approximate surface area is 98.7 Å². The molecule has 1 aliphatic rings. The standard InChI is InChI=1S/C14H22N2/c1-3-10-16(2)14-8-9-15-11-12-6-4-5-7-13(12)14/h4-7,14-15H,3,8-11H2,1-2H3. The molecule has 1 aromatic carbocycles. The SMILES string of the molecule is CCCN(C)C1CCNCc2ccccc21. The van der Waals surface area contributed by atoms with Crippen molar-refractivity contribution in [3.63, 3.8) is 0 Å². The van der Waals surface area contributed by atoms with E-state index in [1.54, 1.807) is 0 Å². The summed E-state index contributed by atoms with van der Waals surface area (Å²) in [6.45, 7) is 5.57. The Hall–Kier alpha value is -0.860. The van der Waals surface area contributed by atoms with Gasteiger partial charge in [0.05, 0.1) is 0 Å². The highest BCUT2D eigenvalue weighted by Gasteiger charge is 2.20. The van der Waals surface area contributed by atoms with Crippen molar-refractivity contribution in [3.05, 3.63) is 35.4 Å². The Morgan fingerprint density at radius 1 is 1.38 bits per heavy atom. The van der Waals surface area contributed by atoms with Crippen molar-refractivity contribution in [3.8, 4) is 0 Å². The lowest BCUT2D eigenvalue weighted by Crippen LogP contribution is -2.26. The average molecular weight is 218 g/mol. The summed E-state index contributed by atoms with van der Waals surface area (Å²) in [4.78, 5) is 2.49. The highest BCUT2D eigenvalue weighted by Crippen LogP contribution is 2.28. The highest BCUT2D eigenvalue weighted by molar-refractivity contribution is 5.31. The van der Waals surface area contributed by atoms with E-state index >= 15 is 0 Å². The van der Waals surface area contributed by atoms with Crippen molar-refractivity contribution in [2.45, 2.75) is 32.4 Å². The van der Waals surface area contributed by atoms with Crippen molar-refractivity contribution >= 4 is 0 Å². The van der Waals surface area contributed by atoms with Crippen LogP contribution in [-0.2, 0) is 6.54 Å². The molecule has 1 N–H and O–H groups in total. The predicted molar refractivity (Wildman–Crippen MR) is 68.4 cm³/mol. The van der Waals surface area contributed by atoms with Crippen LogP contribution in [0.2, 0.25) is 0 Å². The summed E-state index contributed by atoms with van der Waals surface area (Å²) in [5, 5.41) is 3.50. The van der Waals surface area contributed by atoms with Gasteiger partial charge in [0.1, 0.15) is 0 Å². The van der Waals surface area contributed by atoms with E-state index in [9.17, 15) is 0 Å². The lowest BCUT2D eigenvalue weighted by atomic mass is 9.98. The molecule has 1 aliphatic heterocycles. The quantitative estimate of drug-likeness (QED) is 0.839. The van der Waals surface area contributed by atoms with Crippen molar-refractivity contribution in [1.82, 2.24) is 10.2 Å². The van der Waals surface area contributed by atoms with Crippen LogP contribution in [-0.4, -0.2) is 25.0 Å². The maximum Gasteiger partial charge on any atom is 0.0360 e. The molecule has 1 unspecified atom stereocenters. The second-order valence-electron chi connectivity index (χ2n) is 4.66. The van der Waals surface area contributed by atoms with Gasteiger partial charge in [-0.05, 0) is 44.1 Å². The zero-order valence-corrected chi connectivity index (χ0v) is 10.4. The van der Waals surface area contributed by atoms with Crippen LogP contribution in [0.3, 0.4) is 0 Å². The molecule has 0 aliphatic carbocycles. The van der Waals surface area contributed by atoms with Crippen molar-refractivity contribution in [2.75, 3.05) is 20.1 Å². The van der Waals surface area contributed by atoms with Gasteiger partial charge < -0.3 is 5.32 Å². The zero-order valence-electron chi connectivity index (χ0n) is 10.4.